The van der Waals surface area contributed by atoms with Gasteiger partial charge >= 0.3 is 0 Å². The van der Waals surface area contributed by atoms with Gasteiger partial charge in [0.2, 0.25) is 0 Å². The van der Waals surface area contributed by atoms with Crippen molar-refractivity contribution in [2.24, 2.45) is 0 Å². The van der Waals surface area contributed by atoms with Gasteiger partial charge < -0.3 is 4.42 Å². The van der Waals surface area contributed by atoms with E-state index in [2.05, 4.69) is 66.7 Å². The first-order chi connectivity index (χ1) is 23.3. The number of benzene rings is 6. The Morgan fingerprint density at radius 2 is 0.851 bits per heavy atom. The highest BCUT2D eigenvalue weighted by Gasteiger charge is 2.17. The van der Waals surface area contributed by atoms with E-state index in [0.29, 0.717) is 17.5 Å². The molecular weight excluding hydrogens is 576 g/mol. The number of pyridine rings is 1. The molecule has 0 aliphatic carbocycles. The van der Waals surface area contributed by atoms with Gasteiger partial charge in [-0.3, -0.25) is 4.98 Å². The average molecular weight is 603 g/mol. The summed E-state index contributed by atoms with van der Waals surface area (Å²) in [6.07, 6.45) is 1.83. The molecule has 0 fully saturated rings. The summed E-state index contributed by atoms with van der Waals surface area (Å²) in [5.74, 6) is 1.93. The highest BCUT2D eigenvalue weighted by molar-refractivity contribution is 6.15. The predicted octanol–water partition coefficient (Wildman–Crippen LogP) is 10.7. The molecule has 47 heavy (non-hydrogen) atoms. The maximum Gasteiger partial charge on any atom is 0.164 e. The molecule has 6 aromatic carbocycles. The van der Waals surface area contributed by atoms with Crippen LogP contribution in [0.25, 0.3) is 89.3 Å². The van der Waals surface area contributed by atoms with Crippen LogP contribution in [0.5, 0.6) is 0 Å². The van der Waals surface area contributed by atoms with Gasteiger partial charge in [-0.15, -0.1) is 0 Å². The van der Waals surface area contributed by atoms with E-state index in [0.717, 1.165) is 71.8 Å². The first kappa shape index (κ1) is 26.9. The van der Waals surface area contributed by atoms with Gasteiger partial charge in [0.25, 0.3) is 0 Å². The molecule has 0 aliphatic rings. The lowest BCUT2D eigenvalue weighted by Crippen LogP contribution is -2.00. The van der Waals surface area contributed by atoms with E-state index in [4.69, 9.17) is 24.4 Å². The van der Waals surface area contributed by atoms with Gasteiger partial charge in [0.1, 0.15) is 11.2 Å². The molecule has 0 saturated carbocycles. The molecular formula is C42H26N4O. The SMILES string of the molecule is c1ccc(-c2nc(-c3ccccc3)nc(-c3ccc(-c4ccc(-c5nccc6oc7ccccc7c56)c5ccccc45)cc3)n2)cc1. The summed E-state index contributed by atoms with van der Waals surface area (Å²) in [6.45, 7) is 0. The number of nitrogens with zero attached hydrogens (tertiary/aromatic N) is 4. The topological polar surface area (TPSA) is 64.7 Å². The molecule has 9 aromatic rings. The minimum absolute atomic E-state index is 0.635. The van der Waals surface area contributed by atoms with E-state index in [1.807, 2.05) is 91.1 Å². The Labute approximate surface area is 270 Å². The molecule has 3 heterocycles. The lowest BCUT2D eigenvalue weighted by Gasteiger charge is -2.13. The normalized spacial score (nSPS) is 11.4. The van der Waals surface area contributed by atoms with Gasteiger partial charge in [0.05, 0.1) is 11.1 Å². The van der Waals surface area contributed by atoms with Crippen molar-refractivity contribution < 1.29 is 4.42 Å². The maximum absolute atomic E-state index is 6.18. The van der Waals surface area contributed by atoms with Crippen LogP contribution in [0.4, 0.5) is 0 Å². The van der Waals surface area contributed by atoms with E-state index in [1.54, 1.807) is 0 Å². The van der Waals surface area contributed by atoms with Crippen molar-refractivity contribution in [1.82, 2.24) is 19.9 Å². The molecule has 0 spiro atoms. The van der Waals surface area contributed by atoms with Crippen LogP contribution in [-0.2, 0) is 0 Å². The summed E-state index contributed by atoms with van der Waals surface area (Å²) in [4.78, 5) is 19.5. The minimum Gasteiger partial charge on any atom is -0.456 e. The number of aromatic nitrogens is 4. The standard InChI is InChI=1S/C42H26N4O/c1-3-11-28(12-4-1)40-44-41(29-13-5-2-6-14-29)46-42(45-40)30-21-19-27(20-22-30)31-23-24-34(33-16-8-7-15-32(31)33)39-38-35-17-9-10-18-36(35)47-37(38)25-26-43-39/h1-26H. The van der Waals surface area contributed by atoms with Crippen molar-refractivity contribution >= 4 is 32.7 Å². The first-order valence-corrected chi connectivity index (χ1v) is 15.6. The summed E-state index contributed by atoms with van der Waals surface area (Å²) in [6, 6.07) is 51.6. The Hall–Kier alpha value is -6.46. The fourth-order valence-corrected chi connectivity index (χ4v) is 6.37. The van der Waals surface area contributed by atoms with Gasteiger partial charge in [-0.2, -0.15) is 0 Å². The molecule has 0 unspecified atom stereocenters. The second-order valence-electron chi connectivity index (χ2n) is 11.5. The van der Waals surface area contributed by atoms with Crippen LogP contribution in [-0.4, -0.2) is 19.9 Å². The molecule has 0 aliphatic heterocycles. The smallest absolute Gasteiger partial charge is 0.164 e. The number of para-hydroxylation sites is 1. The zero-order valence-electron chi connectivity index (χ0n) is 25.2. The molecule has 3 aromatic heterocycles. The van der Waals surface area contributed by atoms with Crippen molar-refractivity contribution in [3.8, 4) is 56.5 Å². The van der Waals surface area contributed by atoms with Crippen molar-refractivity contribution in [1.29, 1.82) is 0 Å². The summed E-state index contributed by atoms with van der Waals surface area (Å²) >= 11 is 0. The Morgan fingerprint density at radius 3 is 1.49 bits per heavy atom. The van der Waals surface area contributed by atoms with E-state index in [1.165, 1.54) is 0 Å². The fraction of sp³-hybridized carbons (Fsp3) is 0. The number of hydrogen-bond acceptors (Lipinski definition) is 5. The van der Waals surface area contributed by atoms with Crippen LogP contribution in [0.3, 0.4) is 0 Å². The van der Waals surface area contributed by atoms with Crippen LogP contribution in [0, 0.1) is 0 Å². The molecule has 0 atom stereocenters. The van der Waals surface area contributed by atoms with E-state index in [9.17, 15) is 0 Å². The Kier molecular flexibility index (Phi) is 6.39. The van der Waals surface area contributed by atoms with Crippen LogP contribution in [0.1, 0.15) is 0 Å². The summed E-state index contributed by atoms with van der Waals surface area (Å²) in [5.41, 5.74) is 8.77. The molecule has 0 bridgehead atoms. The van der Waals surface area contributed by atoms with E-state index >= 15 is 0 Å². The van der Waals surface area contributed by atoms with E-state index in [-0.39, 0.29) is 0 Å². The third kappa shape index (κ3) is 4.73. The largest absolute Gasteiger partial charge is 0.456 e. The lowest BCUT2D eigenvalue weighted by molar-refractivity contribution is 0.668. The highest BCUT2D eigenvalue weighted by atomic mass is 16.3. The Bertz CT molecular complexity index is 2500. The third-order valence-electron chi connectivity index (χ3n) is 8.62. The number of rotatable bonds is 5. The van der Waals surface area contributed by atoms with Crippen LogP contribution < -0.4 is 0 Å². The quantitative estimate of drug-likeness (QED) is 0.196. The van der Waals surface area contributed by atoms with Crippen molar-refractivity contribution in [2.45, 2.75) is 0 Å². The van der Waals surface area contributed by atoms with Crippen molar-refractivity contribution in [3.05, 3.63) is 158 Å². The zero-order chi connectivity index (χ0) is 31.2. The molecule has 220 valence electrons. The fourth-order valence-electron chi connectivity index (χ4n) is 6.37. The Morgan fingerprint density at radius 1 is 0.362 bits per heavy atom. The van der Waals surface area contributed by atoms with Gasteiger partial charge in [0, 0.05) is 33.8 Å². The van der Waals surface area contributed by atoms with Crippen LogP contribution in [0.15, 0.2) is 162 Å². The summed E-state index contributed by atoms with van der Waals surface area (Å²) in [5, 5.41) is 4.39. The van der Waals surface area contributed by atoms with Crippen LogP contribution in [0.2, 0.25) is 0 Å². The maximum atomic E-state index is 6.18. The van der Waals surface area contributed by atoms with Gasteiger partial charge in [0.15, 0.2) is 17.5 Å². The molecule has 0 N–H and O–H groups in total. The average Bonchev–Trinajstić information content (AvgIpc) is 3.54. The zero-order valence-corrected chi connectivity index (χ0v) is 25.2. The van der Waals surface area contributed by atoms with Crippen molar-refractivity contribution in [3.63, 3.8) is 0 Å². The minimum atomic E-state index is 0.635. The second-order valence-corrected chi connectivity index (χ2v) is 11.5. The summed E-state index contributed by atoms with van der Waals surface area (Å²) < 4.78 is 6.18. The van der Waals surface area contributed by atoms with Gasteiger partial charge in [-0.05, 0) is 34.0 Å². The number of fused-ring (bicyclic) bond motifs is 4. The molecule has 9 rings (SSSR count). The van der Waals surface area contributed by atoms with Crippen molar-refractivity contribution in [2.75, 3.05) is 0 Å². The third-order valence-corrected chi connectivity index (χ3v) is 8.62. The first-order valence-electron chi connectivity index (χ1n) is 15.6. The second kappa shape index (κ2) is 11.2. The van der Waals surface area contributed by atoms with E-state index < -0.39 is 0 Å². The lowest BCUT2D eigenvalue weighted by atomic mass is 9.92. The molecule has 5 nitrogen and oxygen atoms in total. The van der Waals surface area contributed by atoms with Crippen LogP contribution >= 0.6 is 0 Å². The number of hydrogen-bond donors (Lipinski definition) is 0. The number of furan rings is 1. The van der Waals surface area contributed by atoms with Gasteiger partial charge in [-0.25, -0.2) is 15.0 Å². The predicted molar refractivity (Wildman–Crippen MR) is 190 cm³/mol. The monoisotopic (exact) mass is 602 g/mol. The Balaban J connectivity index is 1.15. The molecule has 0 amide bonds. The van der Waals surface area contributed by atoms with Gasteiger partial charge in [-0.1, -0.05) is 140 Å². The molecule has 0 saturated heterocycles. The molecule has 5 heteroatoms. The summed E-state index contributed by atoms with van der Waals surface area (Å²) in [7, 11) is 0. The molecule has 0 radical (unpaired) electrons. The highest BCUT2D eigenvalue weighted by Crippen LogP contribution is 2.40.